The normalized spacial score (nSPS) is 11.2. The lowest BCUT2D eigenvalue weighted by Gasteiger charge is -2.21. The topological polar surface area (TPSA) is 47.6 Å². The van der Waals surface area contributed by atoms with Crippen molar-refractivity contribution in [3.8, 4) is 5.75 Å². The Hall–Kier alpha value is -1.62. The zero-order valence-electron chi connectivity index (χ0n) is 11.7. The molecule has 0 aliphatic carbocycles. The van der Waals surface area contributed by atoms with Gasteiger partial charge in [0.1, 0.15) is 0 Å². The maximum atomic E-state index is 13.7. The quantitative estimate of drug-likeness (QED) is 0.833. The smallest absolute Gasteiger partial charge is 0.343 e. The fourth-order valence-corrected chi connectivity index (χ4v) is 1.40. The van der Waals surface area contributed by atoms with E-state index in [1.54, 1.807) is 12.1 Å². The number of methoxy groups -OCH3 is 1. The summed E-state index contributed by atoms with van der Waals surface area (Å²) in [5.41, 5.74) is 0.574. The first-order valence-corrected chi connectivity index (χ1v) is 6.05. The van der Waals surface area contributed by atoms with Crippen LogP contribution >= 0.6 is 0 Å². The average Bonchev–Trinajstić information content (AvgIpc) is 2.33. The van der Waals surface area contributed by atoms with Crippen LogP contribution < -0.4 is 10.1 Å². The summed E-state index contributed by atoms with van der Waals surface area (Å²) in [6, 6.07) is 4.67. The third-order valence-electron chi connectivity index (χ3n) is 2.42. The molecule has 0 fully saturated rings. The Balaban J connectivity index is 2.80. The third-order valence-corrected chi connectivity index (χ3v) is 2.42. The van der Waals surface area contributed by atoms with Crippen molar-refractivity contribution in [2.75, 3.05) is 13.7 Å². The highest BCUT2D eigenvalue weighted by molar-refractivity contribution is 5.70. The Kier molecular flexibility index (Phi) is 5.30. The van der Waals surface area contributed by atoms with Crippen molar-refractivity contribution >= 4 is 5.97 Å². The number of halogens is 1. The van der Waals surface area contributed by atoms with E-state index in [0.717, 1.165) is 0 Å². The molecule has 106 valence electrons. The molecule has 0 aromatic heterocycles. The Labute approximate surface area is 112 Å². The van der Waals surface area contributed by atoms with Gasteiger partial charge in [0, 0.05) is 17.6 Å². The van der Waals surface area contributed by atoms with Crippen molar-refractivity contribution < 1.29 is 18.7 Å². The molecule has 19 heavy (non-hydrogen) atoms. The van der Waals surface area contributed by atoms with Crippen molar-refractivity contribution in [3.63, 3.8) is 0 Å². The first-order chi connectivity index (χ1) is 8.83. The molecule has 0 aliphatic rings. The first-order valence-electron chi connectivity index (χ1n) is 6.05. The molecule has 0 heterocycles. The second-order valence-corrected chi connectivity index (χ2v) is 5.20. The van der Waals surface area contributed by atoms with Gasteiger partial charge in [0.05, 0.1) is 7.11 Å². The summed E-state index contributed by atoms with van der Waals surface area (Å²) in [5.74, 6) is -0.945. The van der Waals surface area contributed by atoms with E-state index in [1.807, 2.05) is 20.8 Å². The lowest BCUT2D eigenvalue weighted by atomic mass is 10.1. The number of carbonyl (C=O) groups is 1. The van der Waals surface area contributed by atoms with Gasteiger partial charge in [0.2, 0.25) is 0 Å². The zero-order chi connectivity index (χ0) is 14.5. The second kappa shape index (κ2) is 6.52. The largest absolute Gasteiger partial charge is 0.478 e. The van der Waals surface area contributed by atoms with Crippen LogP contribution in [0.15, 0.2) is 18.2 Å². The lowest BCUT2D eigenvalue weighted by Crippen LogP contribution is -2.35. The van der Waals surface area contributed by atoms with Crippen molar-refractivity contribution in [2.24, 2.45) is 0 Å². The number of carbonyl (C=O) groups excluding carboxylic acids is 1. The van der Waals surface area contributed by atoms with E-state index in [-0.39, 0.29) is 17.9 Å². The van der Waals surface area contributed by atoms with E-state index >= 15 is 0 Å². The molecule has 1 aromatic carbocycles. The number of hydrogen-bond acceptors (Lipinski definition) is 4. The molecule has 0 saturated heterocycles. The van der Waals surface area contributed by atoms with Crippen LogP contribution in [0.2, 0.25) is 0 Å². The predicted molar refractivity (Wildman–Crippen MR) is 70.5 cm³/mol. The van der Waals surface area contributed by atoms with E-state index < -0.39 is 11.8 Å². The maximum absolute atomic E-state index is 13.7. The summed E-state index contributed by atoms with van der Waals surface area (Å²) in [6.45, 7) is 6.20. The molecule has 0 bridgehead atoms. The SMILES string of the molecule is COC(=O)COc1c(F)cccc1CNC(C)(C)C. The second-order valence-electron chi connectivity index (χ2n) is 5.20. The number of nitrogens with one attached hydrogen (secondary N) is 1. The molecule has 0 aliphatic heterocycles. The van der Waals surface area contributed by atoms with Crippen molar-refractivity contribution in [1.29, 1.82) is 0 Å². The summed E-state index contributed by atoms with van der Waals surface area (Å²) in [7, 11) is 1.26. The molecule has 5 heteroatoms. The maximum Gasteiger partial charge on any atom is 0.343 e. The molecule has 0 spiro atoms. The lowest BCUT2D eigenvalue weighted by molar-refractivity contribution is -0.142. The van der Waals surface area contributed by atoms with E-state index in [9.17, 15) is 9.18 Å². The van der Waals surface area contributed by atoms with Crippen LogP contribution in [0.4, 0.5) is 4.39 Å². The standard InChI is InChI=1S/C14H20FNO3/c1-14(2,3)16-8-10-6-5-7-11(15)13(10)19-9-12(17)18-4/h5-7,16H,8-9H2,1-4H3. The molecule has 0 saturated carbocycles. The fraction of sp³-hybridized carbons (Fsp3) is 0.500. The number of ether oxygens (including phenoxy) is 2. The number of benzene rings is 1. The van der Waals surface area contributed by atoms with Gasteiger partial charge in [-0.15, -0.1) is 0 Å². The molecule has 0 radical (unpaired) electrons. The first kappa shape index (κ1) is 15.4. The highest BCUT2D eigenvalue weighted by Crippen LogP contribution is 2.23. The molecule has 0 atom stereocenters. The Morgan fingerprint density at radius 1 is 1.37 bits per heavy atom. The van der Waals surface area contributed by atoms with Gasteiger partial charge >= 0.3 is 5.97 Å². The Morgan fingerprint density at radius 2 is 2.05 bits per heavy atom. The van der Waals surface area contributed by atoms with E-state index in [2.05, 4.69) is 10.1 Å². The molecular weight excluding hydrogens is 249 g/mol. The molecule has 1 N–H and O–H groups in total. The molecule has 0 unspecified atom stereocenters. The van der Waals surface area contributed by atoms with E-state index in [4.69, 9.17) is 4.74 Å². The number of esters is 1. The third kappa shape index (κ3) is 5.26. The summed E-state index contributed by atoms with van der Waals surface area (Å²) in [5, 5.41) is 3.24. The van der Waals surface area contributed by atoms with Gasteiger partial charge in [0.25, 0.3) is 0 Å². The van der Waals surface area contributed by atoms with Gasteiger partial charge in [-0.1, -0.05) is 12.1 Å². The van der Waals surface area contributed by atoms with Gasteiger partial charge in [-0.05, 0) is 26.8 Å². The monoisotopic (exact) mass is 269 g/mol. The van der Waals surface area contributed by atoms with Gasteiger partial charge in [-0.3, -0.25) is 0 Å². The zero-order valence-corrected chi connectivity index (χ0v) is 11.7. The number of hydrogen-bond donors (Lipinski definition) is 1. The van der Waals surface area contributed by atoms with Crippen LogP contribution in [0.1, 0.15) is 26.3 Å². The molecule has 0 amide bonds. The van der Waals surface area contributed by atoms with Crippen LogP contribution in [0.5, 0.6) is 5.75 Å². The van der Waals surface area contributed by atoms with Crippen LogP contribution in [0.25, 0.3) is 0 Å². The minimum absolute atomic E-state index is 0.0876. The molecule has 1 aromatic rings. The van der Waals surface area contributed by atoms with E-state index in [0.29, 0.717) is 12.1 Å². The Morgan fingerprint density at radius 3 is 2.63 bits per heavy atom. The van der Waals surface area contributed by atoms with E-state index in [1.165, 1.54) is 13.2 Å². The van der Waals surface area contributed by atoms with Gasteiger partial charge in [0.15, 0.2) is 18.2 Å². The minimum Gasteiger partial charge on any atom is -0.478 e. The van der Waals surface area contributed by atoms with Crippen LogP contribution in [-0.2, 0) is 16.1 Å². The van der Waals surface area contributed by atoms with Crippen molar-refractivity contribution in [1.82, 2.24) is 5.32 Å². The summed E-state index contributed by atoms with van der Waals surface area (Å²) >= 11 is 0. The summed E-state index contributed by atoms with van der Waals surface area (Å²) < 4.78 is 23.4. The molecule has 4 nitrogen and oxygen atoms in total. The van der Waals surface area contributed by atoms with Crippen molar-refractivity contribution in [2.45, 2.75) is 32.9 Å². The van der Waals surface area contributed by atoms with Crippen molar-refractivity contribution in [3.05, 3.63) is 29.6 Å². The highest BCUT2D eigenvalue weighted by Gasteiger charge is 2.15. The van der Waals surface area contributed by atoms with Gasteiger partial charge in [-0.2, -0.15) is 0 Å². The van der Waals surface area contributed by atoms with Crippen LogP contribution in [0.3, 0.4) is 0 Å². The highest BCUT2D eigenvalue weighted by atomic mass is 19.1. The average molecular weight is 269 g/mol. The minimum atomic E-state index is -0.544. The van der Waals surface area contributed by atoms with Crippen LogP contribution in [0, 0.1) is 5.82 Å². The summed E-state index contributed by atoms with van der Waals surface area (Å²) in [6.07, 6.45) is 0. The molecular formula is C14H20FNO3. The predicted octanol–water partition coefficient (Wildman–Crippen LogP) is 2.27. The van der Waals surface area contributed by atoms with Gasteiger partial charge in [-0.25, -0.2) is 9.18 Å². The van der Waals surface area contributed by atoms with Crippen LogP contribution in [-0.4, -0.2) is 25.2 Å². The summed E-state index contributed by atoms with van der Waals surface area (Å²) in [4.78, 5) is 11.0. The fourth-order valence-electron chi connectivity index (χ4n) is 1.40. The number of para-hydroxylation sites is 1. The Bertz CT molecular complexity index is 441. The molecule has 1 rings (SSSR count). The number of rotatable bonds is 5. The van der Waals surface area contributed by atoms with Gasteiger partial charge < -0.3 is 14.8 Å².